The summed E-state index contributed by atoms with van der Waals surface area (Å²) in [6.45, 7) is 1.95. The van der Waals surface area contributed by atoms with Crippen LogP contribution in [0.15, 0.2) is 23.2 Å². The highest BCUT2D eigenvalue weighted by Gasteiger charge is 2.32. The van der Waals surface area contributed by atoms with Crippen molar-refractivity contribution in [3.63, 3.8) is 0 Å². The van der Waals surface area contributed by atoms with E-state index >= 15 is 0 Å². The number of aliphatic imine (C=N–C) groups is 1. The van der Waals surface area contributed by atoms with Crippen LogP contribution in [0.25, 0.3) is 0 Å². The van der Waals surface area contributed by atoms with Crippen LogP contribution in [0.2, 0.25) is 0 Å². The first-order valence-corrected chi connectivity index (χ1v) is 10.3. The molecule has 1 saturated heterocycles. The van der Waals surface area contributed by atoms with Gasteiger partial charge < -0.3 is 15.5 Å². The average molecular weight is 559 g/mol. The summed E-state index contributed by atoms with van der Waals surface area (Å²) < 4.78 is 51.3. The van der Waals surface area contributed by atoms with Crippen LogP contribution >= 0.6 is 24.0 Å². The topological polar surface area (TPSA) is 42.9 Å². The monoisotopic (exact) mass is 559 g/mol. The number of nitrogens with one attached hydrogen (secondary N) is 2. The first-order valence-electron chi connectivity index (χ1n) is 10.3. The fraction of sp³-hybridized carbons (Fsp3) is 0.667. The Morgan fingerprint density at radius 1 is 1.19 bits per heavy atom. The molecule has 0 unspecified atom stereocenters. The molecule has 1 fully saturated rings. The molecular weight excluding hydrogens is 525 g/mol. The van der Waals surface area contributed by atoms with E-state index in [2.05, 4.69) is 15.6 Å². The molecule has 0 bridgehead atoms. The van der Waals surface area contributed by atoms with Crippen molar-refractivity contribution in [2.24, 2.45) is 10.9 Å². The van der Waals surface area contributed by atoms with Crippen molar-refractivity contribution >= 4 is 29.9 Å². The minimum absolute atomic E-state index is 0. The Labute approximate surface area is 199 Å². The summed E-state index contributed by atoms with van der Waals surface area (Å²) in [5, 5.41) is 6.48. The summed E-state index contributed by atoms with van der Waals surface area (Å²) in [5.74, 6) is 0.866. The lowest BCUT2D eigenvalue weighted by atomic mass is 9.93. The third-order valence-electron chi connectivity index (χ3n) is 5.24. The lowest BCUT2D eigenvalue weighted by Crippen LogP contribution is -2.41. The van der Waals surface area contributed by atoms with Gasteiger partial charge in [0.1, 0.15) is 5.82 Å². The third-order valence-corrected chi connectivity index (χ3v) is 5.24. The number of rotatable bonds is 8. The Kier molecular flexibility index (Phi) is 12.1. The molecule has 0 amide bonds. The summed E-state index contributed by atoms with van der Waals surface area (Å²) >= 11 is 0. The van der Waals surface area contributed by atoms with E-state index in [-0.39, 0.29) is 29.8 Å². The molecule has 0 aliphatic carbocycles. The van der Waals surface area contributed by atoms with Crippen LogP contribution < -0.4 is 10.6 Å². The van der Waals surface area contributed by atoms with Gasteiger partial charge in [-0.2, -0.15) is 13.2 Å². The fourth-order valence-corrected chi connectivity index (χ4v) is 3.69. The number of alkyl halides is 3. The van der Waals surface area contributed by atoms with Crippen molar-refractivity contribution in [2.75, 3.05) is 47.3 Å². The van der Waals surface area contributed by atoms with Gasteiger partial charge in [-0.05, 0) is 70.1 Å². The highest BCUT2D eigenvalue weighted by atomic mass is 127. The first-order chi connectivity index (χ1) is 14.2. The zero-order valence-electron chi connectivity index (χ0n) is 18.4. The van der Waals surface area contributed by atoms with Crippen molar-refractivity contribution in [2.45, 2.75) is 38.5 Å². The Morgan fingerprint density at radius 2 is 1.87 bits per heavy atom. The maximum atomic E-state index is 13.9. The van der Waals surface area contributed by atoms with Gasteiger partial charge >= 0.3 is 6.18 Å². The fourth-order valence-electron chi connectivity index (χ4n) is 3.69. The smallest absolute Gasteiger partial charge is 0.356 e. The second-order valence-corrected chi connectivity index (χ2v) is 8.14. The molecule has 31 heavy (non-hydrogen) atoms. The third kappa shape index (κ3) is 10.8. The Bertz CT molecular complexity index is 689. The van der Waals surface area contributed by atoms with Crippen LogP contribution in [0.5, 0.6) is 0 Å². The number of guanidine groups is 1. The van der Waals surface area contributed by atoms with E-state index < -0.39 is 12.7 Å². The van der Waals surface area contributed by atoms with Crippen molar-refractivity contribution < 1.29 is 17.6 Å². The number of piperidine rings is 1. The van der Waals surface area contributed by atoms with Gasteiger partial charge in [0, 0.05) is 32.2 Å². The predicted molar refractivity (Wildman–Crippen MR) is 127 cm³/mol. The Balaban J connectivity index is 0.00000480. The van der Waals surface area contributed by atoms with Gasteiger partial charge in [-0.1, -0.05) is 6.07 Å². The normalized spacial score (nSPS) is 16.3. The first kappa shape index (κ1) is 27.9. The molecule has 1 aliphatic rings. The van der Waals surface area contributed by atoms with Gasteiger partial charge in [0.2, 0.25) is 0 Å². The maximum absolute atomic E-state index is 13.9. The lowest BCUT2D eigenvalue weighted by molar-refractivity contribution is -0.148. The minimum Gasteiger partial charge on any atom is -0.356 e. The molecule has 0 atom stereocenters. The van der Waals surface area contributed by atoms with Crippen molar-refractivity contribution in [1.82, 2.24) is 20.4 Å². The van der Waals surface area contributed by atoms with E-state index in [1.807, 2.05) is 25.1 Å². The van der Waals surface area contributed by atoms with E-state index in [4.69, 9.17) is 0 Å². The van der Waals surface area contributed by atoms with Gasteiger partial charge in [0.05, 0.1) is 6.54 Å². The molecule has 0 spiro atoms. The van der Waals surface area contributed by atoms with Crippen molar-refractivity contribution in [3.8, 4) is 0 Å². The van der Waals surface area contributed by atoms with Gasteiger partial charge in [-0.25, -0.2) is 4.39 Å². The van der Waals surface area contributed by atoms with Gasteiger partial charge in [0.15, 0.2) is 5.96 Å². The van der Waals surface area contributed by atoms with Crippen LogP contribution in [-0.2, 0) is 13.1 Å². The second-order valence-electron chi connectivity index (χ2n) is 8.14. The highest BCUT2D eigenvalue weighted by molar-refractivity contribution is 14.0. The predicted octanol–water partition coefficient (Wildman–Crippen LogP) is 3.83. The molecule has 2 N–H and O–H groups in total. The molecule has 0 radical (unpaired) electrons. The summed E-state index contributed by atoms with van der Waals surface area (Å²) in [6.07, 6.45) is -1.66. The quantitative estimate of drug-likeness (QED) is 0.220. The zero-order valence-corrected chi connectivity index (χ0v) is 20.8. The summed E-state index contributed by atoms with van der Waals surface area (Å²) in [7, 11) is 5.49. The molecule has 1 aromatic rings. The molecule has 178 valence electrons. The van der Waals surface area contributed by atoms with Crippen molar-refractivity contribution in [1.29, 1.82) is 0 Å². The number of benzene rings is 1. The maximum Gasteiger partial charge on any atom is 0.401 e. The molecule has 2 rings (SSSR count). The molecule has 0 saturated carbocycles. The molecule has 1 aromatic carbocycles. The molecule has 1 aliphatic heterocycles. The van der Waals surface area contributed by atoms with Crippen molar-refractivity contribution in [3.05, 3.63) is 35.1 Å². The minimum atomic E-state index is -4.12. The summed E-state index contributed by atoms with van der Waals surface area (Å²) in [6, 6.07) is 5.09. The van der Waals surface area contributed by atoms with E-state index in [1.165, 1.54) is 11.0 Å². The van der Waals surface area contributed by atoms with E-state index in [9.17, 15) is 17.6 Å². The van der Waals surface area contributed by atoms with Crippen LogP contribution in [0.1, 0.15) is 30.4 Å². The van der Waals surface area contributed by atoms with Crippen LogP contribution in [0.3, 0.4) is 0 Å². The SMILES string of the molecule is CN=C(NCCC1CCN(CC(F)(F)F)CC1)NCc1ccc(F)c(CN(C)C)c1.I. The van der Waals surface area contributed by atoms with E-state index in [0.29, 0.717) is 50.2 Å². The standard InChI is InChI=1S/C21H33F4N5.HI/c1-26-20(28-13-17-4-5-19(22)18(12-17)14-29(2)3)27-9-6-16-7-10-30(11-8-16)15-21(23,24)25;/h4-5,12,16H,6-11,13-15H2,1-3H3,(H2,26,27,28);1H. The Hall–Kier alpha value is -1.14. The van der Waals surface area contributed by atoms with Crippen LogP contribution in [-0.4, -0.2) is 69.3 Å². The van der Waals surface area contributed by atoms with Gasteiger partial charge in [0.25, 0.3) is 0 Å². The molecule has 0 aromatic heterocycles. The largest absolute Gasteiger partial charge is 0.401 e. The molecule has 5 nitrogen and oxygen atoms in total. The van der Waals surface area contributed by atoms with Gasteiger partial charge in [-0.15, -0.1) is 24.0 Å². The van der Waals surface area contributed by atoms with Crippen LogP contribution in [0, 0.1) is 11.7 Å². The van der Waals surface area contributed by atoms with E-state index in [1.54, 1.807) is 13.1 Å². The second kappa shape index (κ2) is 13.4. The summed E-state index contributed by atoms with van der Waals surface area (Å²) in [5.41, 5.74) is 1.62. The number of halogens is 5. The highest BCUT2D eigenvalue weighted by Crippen LogP contribution is 2.24. The number of likely N-dealkylation sites (tertiary alicyclic amines) is 1. The Morgan fingerprint density at radius 3 is 2.45 bits per heavy atom. The molecule has 10 heteroatoms. The zero-order chi connectivity index (χ0) is 22.1. The number of hydrogen-bond donors (Lipinski definition) is 2. The molecule has 1 heterocycles. The lowest BCUT2D eigenvalue weighted by Gasteiger charge is -2.32. The van der Waals surface area contributed by atoms with Crippen LogP contribution in [0.4, 0.5) is 17.6 Å². The number of nitrogens with zero attached hydrogens (tertiary/aromatic N) is 3. The number of hydrogen-bond acceptors (Lipinski definition) is 3. The molecular formula is C21H34F4IN5. The van der Waals surface area contributed by atoms with E-state index in [0.717, 1.165) is 24.8 Å². The average Bonchev–Trinajstić information content (AvgIpc) is 2.66. The summed E-state index contributed by atoms with van der Waals surface area (Å²) in [4.78, 5) is 7.61. The van der Waals surface area contributed by atoms with Gasteiger partial charge in [-0.3, -0.25) is 9.89 Å².